The van der Waals surface area contributed by atoms with Crippen LogP contribution in [0.2, 0.25) is 0 Å². The van der Waals surface area contributed by atoms with E-state index >= 15 is 0 Å². The standard InChI is InChI=1S/C10H19NO2S/c12-14(13)7-1-2-10(14)8-11-6-5-9-3-4-9/h9-11H,1-8H2. The van der Waals surface area contributed by atoms with Gasteiger partial charge in [-0.05, 0) is 31.7 Å². The lowest BCUT2D eigenvalue weighted by Crippen LogP contribution is -2.31. The maximum atomic E-state index is 11.5. The topological polar surface area (TPSA) is 46.2 Å². The molecule has 82 valence electrons. The summed E-state index contributed by atoms with van der Waals surface area (Å²) in [5.41, 5.74) is 0. The molecule has 1 unspecified atom stereocenters. The summed E-state index contributed by atoms with van der Waals surface area (Å²) >= 11 is 0. The van der Waals surface area contributed by atoms with Crippen LogP contribution in [0.15, 0.2) is 0 Å². The minimum Gasteiger partial charge on any atom is -0.315 e. The summed E-state index contributed by atoms with van der Waals surface area (Å²) in [6.07, 6.45) is 5.70. The van der Waals surface area contributed by atoms with E-state index in [0.29, 0.717) is 12.3 Å². The maximum Gasteiger partial charge on any atom is 0.154 e. The lowest BCUT2D eigenvalue weighted by Gasteiger charge is -2.10. The van der Waals surface area contributed by atoms with E-state index < -0.39 is 9.84 Å². The molecule has 1 saturated heterocycles. The first-order valence-electron chi connectivity index (χ1n) is 5.61. The van der Waals surface area contributed by atoms with Crippen molar-refractivity contribution in [2.24, 2.45) is 5.92 Å². The predicted octanol–water partition coefficient (Wildman–Crippen LogP) is 0.953. The van der Waals surface area contributed by atoms with E-state index in [1.165, 1.54) is 19.3 Å². The lowest BCUT2D eigenvalue weighted by molar-refractivity contribution is 0.562. The third-order valence-electron chi connectivity index (χ3n) is 3.26. The van der Waals surface area contributed by atoms with Crippen molar-refractivity contribution in [2.75, 3.05) is 18.8 Å². The van der Waals surface area contributed by atoms with Crippen molar-refractivity contribution in [3.05, 3.63) is 0 Å². The van der Waals surface area contributed by atoms with E-state index in [1.54, 1.807) is 0 Å². The molecule has 0 radical (unpaired) electrons. The second kappa shape index (κ2) is 4.19. The minimum absolute atomic E-state index is 0.0956. The molecule has 1 heterocycles. The molecule has 3 nitrogen and oxygen atoms in total. The molecule has 2 fully saturated rings. The fourth-order valence-corrected chi connectivity index (χ4v) is 3.86. The van der Waals surface area contributed by atoms with Gasteiger partial charge in [-0.3, -0.25) is 0 Å². The van der Waals surface area contributed by atoms with E-state index in [1.807, 2.05) is 0 Å². The Kier molecular flexibility index (Phi) is 3.12. The molecule has 4 heteroatoms. The van der Waals surface area contributed by atoms with Crippen LogP contribution < -0.4 is 5.32 Å². The van der Waals surface area contributed by atoms with Gasteiger partial charge in [0.15, 0.2) is 9.84 Å². The Morgan fingerprint density at radius 3 is 2.57 bits per heavy atom. The number of rotatable bonds is 5. The first-order valence-corrected chi connectivity index (χ1v) is 7.32. The summed E-state index contributed by atoms with van der Waals surface area (Å²) in [4.78, 5) is 0. The quantitative estimate of drug-likeness (QED) is 0.698. The normalized spacial score (nSPS) is 30.7. The van der Waals surface area contributed by atoms with Crippen LogP contribution in [-0.2, 0) is 9.84 Å². The van der Waals surface area contributed by atoms with Gasteiger partial charge < -0.3 is 5.32 Å². The molecule has 1 saturated carbocycles. The molecule has 1 atom stereocenters. The third kappa shape index (κ3) is 2.70. The number of sulfone groups is 1. The SMILES string of the molecule is O=S1(=O)CCCC1CNCCC1CC1. The van der Waals surface area contributed by atoms with Gasteiger partial charge in [0.2, 0.25) is 0 Å². The average molecular weight is 217 g/mol. The largest absolute Gasteiger partial charge is 0.315 e. The van der Waals surface area contributed by atoms with Crippen molar-refractivity contribution in [3.8, 4) is 0 Å². The third-order valence-corrected chi connectivity index (χ3v) is 5.54. The zero-order chi connectivity index (χ0) is 10.0. The van der Waals surface area contributed by atoms with E-state index in [2.05, 4.69) is 5.32 Å². The van der Waals surface area contributed by atoms with Crippen molar-refractivity contribution in [3.63, 3.8) is 0 Å². The molecule has 0 spiro atoms. The average Bonchev–Trinajstić information content (AvgIpc) is 2.87. The molecule has 14 heavy (non-hydrogen) atoms. The van der Waals surface area contributed by atoms with Gasteiger partial charge in [-0.2, -0.15) is 0 Å². The Hall–Kier alpha value is -0.0900. The number of hydrogen-bond acceptors (Lipinski definition) is 3. The Morgan fingerprint density at radius 1 is 1.21 bits per heavy atom. The summed E-state index contributed by atoms with van der Waals surface area (Å²) in [7, 11) is -2.73. The molecule has 0 aromatic rings. The molecule has 0 aromatic carbocycles. The molecule has 0 amide bonds. The van der Waals surface area contributed by atoms with Gasteiger partial charge in [-0.1, -0.05) is 12.8 Å². The van der Waals surface area contributed by atoms with Crippen LogP contribution in [0.3, 0.4) is 0 Å². The summed E-state index contributed by atoms with van der Waals surface area (Å²) < 4.78 is 22.9. The number of hydrogen-bond donors (Lipinski definition) is 1. The smallest absolute Gasteiger partial charge is 0.154 e. The van der Waals surface area contributed by atoms with Crippen LogP contribution in [-0.4, -0.2) is 32.5 Å². The van der Waals surface area contributed by atoms with Crippen LogP contribution in [0.25, 0.3) is 0 Å². The molecule has 0 aromatic heterocycles. The zero-order valence-corrected chi connectivity index (χ0v) is 9.35. The van der Waals surface area contributed by atoms with Crippen molar-refractivity contribution >= 4 is 9.84 Å². The monoisotopic (exact) mass is 217 g/mol. The molecular formula is C10H19NO2S. The van der Waals surface area contributed by atoms with E-state index in [9.17, 15) is 8.42 Å². The van der Waals surface area contributed by atoms with Gasteiger partial charge in [-0.25, -0.2) is 8.42 Å². The van der Waals surface area contributed by atoms with Crippen LogP contribution >= 0.6 is 0 Å². The molecule has 2 rings (SSSR count). The Bertz CT molecular complexity index is 282. The minimum atomic E-state index is -2.73. The maximum absolute atomic E-state index is 11.5. The molecule has 1 aliphatic heterocycles. The van der Waals surface area contributed by atoms with Crippen molar-refractivity contribution in [1.82, 2.24) is 5.32 Å². The Balaban J connectivity index is 1.64. The lowest BCUT2D eigenvalue weighted by atomic mass is 10.2. The van der Waals surface area contributed by atoms with Crippen LogP contribution in [0.1, 0.15) is 32.1 Å². The van der Waals surface area contributed by atoms with E-state index in [-0.39, 0.29) is 5.25 Å². The van der Waals surface area contributed by atoms with Gasteiger partial charge >= 0.3 is 0 Å². The fraction of sp³-hybridized carbons (Fsp3) is 1.00. The highest BCUT2D eigenvalue weighted by atomic mass is 32.2. The molecule has 1 aliphatic carbocycles. The highest BCUT2D eigenvalue weighted by Crippen LogP contribution is 2.31. The van der Waals surface area contributed by atoms with E-state index in [0.717, 1.165) is 25.3 Å². The van der Waals surface area contributed by atoms with Crippen LogP contribution in [0.4, 0.5) is 0 Å². The Morgan fingerprint density at radius 2 is 2.00 bits per heavy atom. The van der Waals surface area contributed by atoms with E-state index in [4.69, 9.17) is 0 Å². The number of nitrogens with one attached hydrogen (secondary N) is 1. The van der Waals surface area contributed by atoms with Gasteiger partial charge in [0.25, 0.3) is 0 Å². The van der Waals surface area contributed by atoms with Crippen molar-refractivity contribution < 1.29 is 8.42 Å². The van der Waals surface area contributed by atoms with Crippen molar-refractivity contribution in [2.45, 2.75) is 37.4 Å². The molecule has 2 aliphatic rings. The summed E-state index contributed by atoms with van der Waals surface area (Å²) in [5.74, 6) is 1.34. The highest BCUT2D eigenvalue weighted by Gasteiger charge is 2.30. The van der Waals surface area contributed by atoms with Crippen LogP contribution in [0.5, 0.6) is 0 Å². The molecule has 0 bridgehead atoms. The highest BCUT2D eigenvalue weighted by molar-refractivity contribution is 7.92. The second-order valence-electron chi connectivity index (χ2n) is 4.57. The van der Waals surface area contributed by atoms with Crippen LogP contribution in [0, 0.1) is 5.92 Å². The van der Waals surface area contributed by atoms with Crippen molar-refractivity contribution in [1.29, 1.82) is 0 Å². The van der Waals surface area contributed by atoms with Gasteiger partial charge in [0.05, 0.1) is 11.0 Å². The summed E-state index contributed by atoms with van der Waals surface area (Å²) in [6, 6.07) is 0. The Labute approximate surface area is 86.2 Å². The first-order chi connectivity index (χ1) is 6.68. The predicted molar refractivity (Wildman–Crippen MR) is 57.0 cm³/mol. The van der Waals surface area contributed by atoms with Gasteiger partial charge in [0, 0.05) is 6.54 Å². The van der Waals surface area contributed by atoms with Gasteiger partial charge in [-0.15, -0.1) is 0 Å². The van der Waals surface area contributed by atoms with Gasteiger partial charge in [0.1, 0.15) is 0 Å². The second-order valence-corrected chi connectivity index (χ2v) is 6.97. The zero-order valence-electron chi connectivity index (χ0n) is 8.54. The fourth-order valence-electron chi connectivity index (χ4n) is 2.06. The summed E-state index contributed by atoms with van der Waals surface area (Å²) in [6.45, 7) is 1.67. The summed E-state index contributed by atoms with van der Waals surface area (Å²) in [5, 5.41) is 3.18. The first kappa shape index (κ1) is 10.4. The molecular weight excluding hydrogens is 198 g/mol. The molecule has 1 N–H and O–H groups in total.